The third-order valence-electron chi connectivity index (χ3n) is 8.26. The highest BCUT2D eigenvalue weighted by Gasteiger charge is 2.34. The van der Waals surface area contributed by atoms with Crippen molar-refractivity contribution < 1.29 is 13.6 Å². The van der Waals surface area contributed by atoms with Crippen LogP contribution in [0.15, 0.2) is 78.9 Å². The number of Topliss-reactive ketones (excluding diaryl/α,β-unsaturated/α-hetero) is 1. The summed E-state index contributed by atoms with van der Waals surface area (Å²) in [4.78, 5) is 21.0. The molecule has 2 aliphatic rings. The van der Waals surface area contributed by atoms with Crippen molar-refractivity contribution in [2.45, 2.75) is 24.8 Å². The van der Waals surface area contributed by atoms with Crippen LogP contribution < -0.4 is 0 Å². The van der Waals surface area contributed by atoms with Crippen molar-refractivity contribution in [2.24, 2.45) is 5.92 Å². The molecule has 3 aromatic carbocycles. The molecule has 0 aromatic heterocycles. The first kappa shape index (κ1) is 26.7. The fourth-order valence-corrected chi connectivity index (χ4v) is 6.14. The Hall–Kier alpha value is -2.93. The number of rotatable bonds is 8. The Labute approximate surface area is 224 Å². The molecule has 6 heteroatoms. The number of piperazine rings is 1. The van der Waals surface area contributed by atoms with E-state index >= 15 is 0 Å². The summed E-state index contributed by atoms with van der Waals surface area (Å²) in [6, 6.07) is 23.4. The number of benzene rings is 3. The SMILES string of the molecule is CN1CCN(C(c2ccccc2)C2CCN(CC(=O)C(c3ccc(F)cc3)c3ccc(F)cc3)CC2)CC1. The van der Waals surface area contributed by atoms with E-state index in [0.717, 1.165) is 63.2 Å². The van der Waals surface area contributed by atoms with Gasteiger partial charge in [0.1, 0.15) is 11.6 Å². The predicted octanol–water partition coefficient (Wildman–Crippen LogP) is 5.37. The molecule has 0 aliphatic carbocycles. The van der Waals surface area contributed by atoms with E-state index < -0.39 is 5.92 Å². The normalized spacial score (nSPS) is 19.1. The minimum atomic E-state index is -0.545. The van der Waals surface area contributed by atoms with Gasteiger partial charge in [-0.15, -0.1) is 0 Å². The van der Waals surface area contributed by atoms with Crippen LogP contribution in [0.2, 0.25) is 0 Å². The van der Waals surface area contributed by atoms with Gasteiger partial charge in [0.05, 0.1) is 12.5 Å². The molecular formula is C32H37F2N3O. The molecule has 0 N–H and O–H groups in total. The molecule has 0 amide bonds. The lowest BCUT2D eigenvalue weighted by Crippen LogP contribution is -2.49. The third-order valence-corrected chi connectivity index (χ3v) is 8.26. The van der Waals surface area contributed by atoms with Gasteiger partial charge in [-0.25, -0.2) is 8.78 Å². The summed E-state index contributed by atoms with van der Waals surface area (Å²) < 4.78 is 27.2. The zero-order chi connectivity index (χ0) is 26.5. The van der Waals surface area contributed by atoms with E-state index in [1.807, 2.05) is 0 Å². The minimum Gasteiger partial charge on any atom is -0.304 e. The summed E-state index contributed by atoms with van der Waals surface area (Å²) in [5.41, 5.74) is 2.86. The van der Waals surface area contributed by atoms with E-state index in [2.05, 4.69) is 52.1 Å². The summed E-state index contributed by atoms with van der Waals surface area (Å²) in [5, 5.41) is 0. The van der Waals surface area contributed by atoms with Crippen LogP contribution in [0.3, 0.4) is 0 Å². The number of hydrogen-bond acceptors (Lipinski definition) is 4. The number of carbonyl (C=O) groups excluding carboxylic acids is 1. The van der Waals surface area contributed by atoms with Gasteiger partial charge in [0.15, 0.2) is 5.78 Å². The number of likely N-dealkylation sites (tertiary alicyclic amines) is 1. The van der Waals surface area contributed by atoms with Crippen LogP contribution in [0.1, 0.15) is 41.5 Å². The zero-order valence-corrected chi connectivity index (χ0v) is 22.1. The van der Waals surface area contributed by atoms with Gasteiger partial charge in [0, 0.05) is 32.2 Å². The van der Waals surface area contributed by atoms with Crippen molar-refractivity contribution in [3.05, 3.63) is 107 Å². The van der Waals surface area contributed by atoms with Crippen LogP contribution in [-0.4, -0.2) is 73.3 Å². The average Bonchev–Trinajstić information content (AvgIpc) is 2.94. The number of nitrogens with zero attached hydrogens (tertiary/aromatic N) is 3. The molecule has 2 fully saturated rings. The van der Waals surface area contributed by atoms with Crippen LogP contribution >= 0.6 is 0 Å². The van der Waals surface area contributed by atoms with Crippen LogP contribution in [-0.2, 0) is 4.79 Å². The van der Waals surface area contributed by atoms with Gasteiger partial charge in [-0.05, 0) is 79.9 Å². The van der Waals surface area contributed by atoms with E-state index in [1.54, 1.807) is 24.3 Å². The minimum absolute atomic E-state index is 0.0559. The van der Waals surface area contributed by atoms with Crippen molar-refractivity contribution in [1.29, 1.82) is 0 Å². The first-order valence-electron chi connectivity index (χ1n) is 13.7. The highest BCUT2D eigenvalue weighted by Crippen LogP contribution is 2.36. The second-order valence-corrected chi connectivity index (χ2v) is 10.8. The van der Waals surface area contributed by atoms with Gasteiger partial charge in [0.25, 0.3) is 0 Å². The lowest BCUT2D eigenvalue weighted by atomic mass is 9.83. The summed E-state index contributed by atoms with van der Waals surface area (Å²) in [7, 11) is 2.19. The van der Waals surface area contributed by atoms with Gasteiger partial charge in [-0.1, -0.05) is 54.6 Å². The molecule has 2 aliphatic heterocycles. The Kier molecular flexibility index (Phi) is 8.62. The summed E-state index contributed by atoms with van der Waals surface area (Å²) in [6.07, 6.45) is 2.08. The average molecular weight is 518 g/mol. The van der Waals surface area contributed by atoms with Crippen molar-refractivity contribution in [3.8, 4) is 0 Å². The maximum Gasteiger partial charge on any atom is 0.158 e. The zero-order valence-electron chi connectivity index (χ0n) is 22.1. The summed E-state index contributed by atoms with van der Waals surface area (Å²) in [6.45, 7) is 6.39. The van der Waals surface area contributed by atoms with Crippen LogP contribution in [0, 0.1) is 17.6 Å². The van der Waals surface area contributed by atoms with E-state index in [0.29, 0.717) is 18.5 Å². The van der Waals surface area contributed by atoms with Crippen LogP contribution in [0.4, 0.5) is 8.78 Å². The van der Waals surface area contributed by atoms with Crippen molar-refractivity contribution in [2.75, 3.05) is 52.9 Å². The van der Waals surface area contributed by atoms with E-state index in [4.69, 9.17) is 0 Å². The smallest absolute Gasteiger partial charge is 0.158 e. The Morgan fingerprint density at radius 3 is 1.79 bits per heavy atom. The fourth-order valence-electron chi connectivity index (χ4n) is 6.14. The van der Waals surface area contributed by atoms with Gasteiger partial charge in [-0.2, -0.15) is 0 Å². The summed E-state index contributed by atoms with van der Waals surface area (Å²) >= 11 is 0. The Morgan fingerprint density at radius 1 is 0.737 bits per heavy atom. The molecule has 0 radical (unpaired) electrons. The molecule has 38 heavy (non-hydrogen) atoms. The molecule has 1 atom stereocenters. The van der Waals surface area contributed by atoms with Crippen molar-refractivity contribution in [3.63, 3.8) is 0 Å². The van der Waals surface area contributed by atoms with Crippen LogP contribution in [0.5, 0.6) is 0 Å². The molecule has 5 rings (SSSR count). The number of likely N-dealkylation sites (N-methyl/N-ethyl adjacent to an activating group) is 1. The number of hydrogen-bond donors (Lipinski definition) is 0. The maximum absolute atomic E-state index is 13.7. The van der Waals surface area contributed by atoms with E-state index in [1.165, 1.54) is 29.8 Å². The number of piperidine rings is 1. The Morgan fingerprint density at radius 2 is 1.26 bits per heavy atom. The highest BCUT2D eigenvalue weighted by molar-refractivity contribution is 5.90. The number of halogens is 2. The first-order valence-corrected chi connectivity index (χ1v) is 13.7. The highest BCUT2D eigenvalue weighted by atomic mass is 19.1. The lowest BCUT2D eigenvalue weighted by Gasteiger charge is -2.44. The summed E-state index contributed by atoms with van der Waals surface area (Å²) in [5.74, 6) is -0.627. The molecule has 4 nitrogen and oxygen atoms in total. The molecule has 3 aromatic rings. The molecule has 0 saturated carbocycles. The fraction of sp³-hybridized carbons (Fsp3) is 0.406. The topological polar surface area (TPSA) is 26.8 Å². The molecule has 2 saturated heterocycles. The number of ketones is 1. The lowest BCUT2D eigenvalue weighted by molar-refractivity contribution is -0.121. The predicted molar refractivity (Wildman–Crippen MR) is 147 cm³/mol. The van der Waals surface area contributed by atoms with Crippen molar-refractivity contribution >= 4 is 5.78 Å². The van der Waals surface area contributed by atoms with Crippen molar-refractivity contribution in [1.82, 2.24) is 14.7 Å². The van der Waals surface area contributed by atoms with Gasteiger partial charge in [-0.3, -0.25) is 14.6 Å². The van der Waals surface area contributed by atoms with E-state index in [-0.39, 0.29) is 17.4 Å². The van der Waals surface area contributed by atoms with Gasteiger partial charge < -0.3 is 4.90 Å². The standard InChI is InChI=1S/C32H37F2N3O/c1-35-19-21-37(22-20-35)32(26-5-3-2-4-6-26)27-15-17-36(18-16-27)23-30(38)31(24-7-11-28(33)12-8-24)25-9-13-29(34)14-10-25/h2-14,27,31-32H,15-23H2,1H3. The first-order chi connectivity index (χ1) is 18.5. The molecular weight excluding hydrogens is 480 g/mol. The Balaban J connectivity index is 1.28. The molecule has 1 unspecified atom stereocenters. The van der Waals surface area contributed by atoms with Gasteiger partial charge in [0.2, 0.25) is 0 Å². The van der Waals surface area contributed by atoms with E-state index in [9.17, 15) is 13.6 Å². The molecule has 2 heterocycles. The van der Waals surface area contributed by atoms with Gasteiger partial charge >= 0.3 is 0 Å². The monoisotopic (exact) mass is 517 g/mol. The largest absolute Gasteiger partial charge is 0.304 e. The second-order valence-electron chi connectivity index (χ2n) is 10.8. The Bertz CT molecular complexity index is 1120. The molecule has 0 spiro atoms. The molecule has 0 bridgehead atoms. The third kappa shape index (κ3) is 6.37. The quantitative estimate of drug-likeness (QED) is 0.402. The molecule has 200 valence electrons. The number of carbonyl (C=O) groups is 1. The second kappa shape index (κ2) is 12.3. The maximum atomic E-state index is 13.7. The van der Waals surface area contributed by atoms with Crippen LogP contribution in [0.25, 0.3) is 0 Å².